The molecule has 1 N–H and O–H groups in total. The van der Waals surface area contributed by atoms with E-state index in [4.69, 9.17) is 0 Å². The SMILES string of the molecule is CSc1ccc(CNc2ccccc2S(C)(=O)=O)cc1. The average Bonchev–Trinajstić information content (AvgIpc) is 2.45. The largest absolute Gasteiger partial charge is 0.380 e. The molecule has 0 amide bonds. The minimum atomic E-state index is -3.21. The standard InChI is InChI=1S/C15H17NO2S2/c1-19-13-9-7-12(8-10-13)11-16-14-5-3-4-6-15(14)20(2,17)18/h3-10,16H,11H2,1-2H3. The number of anilines is 1. The van der Waals surface area contributed by atoms with Crippen molar-refractivity contribution < 1.29 is 8.42 Å². The second kappa shape index (κ2) is 6.33. The molecular formula is C15H17NO2S2. The van der Waals surface area contributed by atoms with Crippen molar-refractivity contribution >= 4 is 27.3 Å². The van der Waals surface area contributed by atoms with Gasteiger partial charge in [0.1, 0.15) is 0 Å². The monoisotopic (exact) mass is 307 g/mol. The second-order valence-electron chi connectivity index (χ2n) is 4.47. The maximum atomic E-state index is 11.7. The van der Waals surface area contributed by atoms with Crippen LogP contribution in [-0.2, 0) is 16.4 Å². The molecule has 0 unspecified atom stereocenters. The number of thioether (sulfide) groups is 1. The van der Waals surface area contributed by atoms with Crippen LogP contribution < -0.4 is 5.32 Å². The maximum absolute atomic E-state index is 11.7. The van der Waals surface area contributed by atoms with Crippen molar-refractivity contribution in [3.8, 4) is 0 Å². The minimum Gasteiger partial charge on any atom is -0.380 e. The van der Waals surface area contributed by atoms with Crippen LogP contribution in [0.15, 0.2) is 58.3 Å². The van der Waals surface area contributed by atoms with E-state index in [1.165, 1.54) is 11.2 Å². The quantitative estimate of drug-likeness (QED) is 0.860. The van der Waals surface area contributed by atoms with Crippen LogP contribution >= 0.6 is 11.8 Å². The minimum absolute atomic E-state index is 0.334. The van der Waals surface area contributed by atoms with Crippen LogP contribution in [-0.4, -0.2) is 20.9 Å². The average molecular weight is 307 g/mol. The summed E-state index contributed by atoms with van der Waals surface area (Å²) >= 11 is 1.70. The highest BCUT2D eigenvalue weighted by Gasteiger charge is 2.11. The Labute approximate surface area is 124 Å². The first-order valence-electron chi connectivity index (χ1n) is 6.16. The third-order valence-corrected chi connectivity index (χ3v) is 4.83. The van der Waals surface area contributed by atoms with E-state index in [2.05, 4.69) is 17.4 Å². The zero-order valence-electron chi connectivity index (χ0n) is 11.5. The number of hydrogen-bond acceptors (Lipinski definition) is 4. The van der Waals surface area contributed by atoms with Gasteiger partial charge >= 0.3 is 0 Å². The lowest BCUT2D eigenvalue weighted by molar-refractivity contribution is 0.602. The van der Waals surface area contributed by atoms with Crippen molar-refractivity contribution in [2.45, 2.75) is 16.3 Å². The first kappa shape index (κ1) is 14.9. The zero-order chi connectivity index (χ0) is 14.6. The van der Waals surface area contributed by atoms with Gasteiger partial charge in [-0.3, -0.25) is 0 Å². The molecule has 0 aliphatic carbocycles. The third-order valence-electron chi connectivity index (χ3n) is 2.93. The number of sulfone groups is 1. The summed E-state index contributed by atoms with van der Waals surface area (Å²) < 4.78 is 23.4. The summed E-state index contributed by atoms with van der Waals surface area (Å²) in [6.07, 6.45) is 3.26. The van der Waals surface area contributed by atoms with Crippen LogP contribution in [0.25, 0.3) is 0 Å². The molecule has 5 heteroatoms. The summed E-state index contributed by atoms with van der Waals surface area (Å²) in [6, 6.07) is 15.2. The fourth-order valence-corrected chi connectivity index (χ4v) is 3.15. The lowest BCUT2D eigenvalue weighted by Gasteiger charge is -2.11. The lowest BCUT2D eigenvalue weighted by Crippen LogP contribution is -2.06. The Morgan fingerprint density at radius 3 is 2.30 bits per heavy atom. The Hall–Kier alpha value is -1.46. The highest BCUT2D eigenvalue weighted by atomic mass is 32.2. The Morgan fingerprint density at radius 1 is 1.05 bits per heavy atom. The molecule has 0 saturated heterocycles. The molecule has 2 aromatic rings. The molecule has 0 heterocycles. The molecule has 2 aromatic carbocycles. The van der Waals surface area contributed by atoms with Gasteiger partial charge in [-0.15, -0.1) is 11.8 Å². The molecule has 0 radical (unpaired) electrons. The Bertz CT molecular complexity index is 679. The molecule has 3 nitrogen and oxygen atoms in total. The number of para-hydroxylation sites is 1. The summed E-state index contributed by atoms with van der Waals surface area (Å²) in [5.74, 6) is 0. The van der Waals surface area contributed by atoms with Gasteiger partial charge < -0.3 is 5.32 Å². The summed E-state index contributed by atoms with van der Waals surface area (Å²) in [4.78, 5) is 1.55. The van der Waals surface area contributed by atoms with Crippen LogP contribution in [0.3, 0.4) is 0 Å². The van der Waals surface area contributed by atoms with Crippen molar-refractivity contribution in [3.63, 3.8) is 0 Å². The smallest absolute Gasteiger partial charge is 0.177 e. The summed E-state index contributed by atoms with van der Waals surface area (Å²) in [5, 5.41) is 3.19. The predicted molar refractivity (Wildman–Crippen MR) is 85.1 cm³/mol. The fourth-order valence-electron chi connectivity index (χ4n) is 1.88. The van der Waals surface area contributed by atoms with Crippen molar-refractivity contribution in [1.29, 1.82) is 0 Å². The van der Waals surface area contributed by atoms with Gasteiger partial charge in [-0.1, -0.05) is 24.3 Å². The van der Waals surface area contributed by atoms with Crippen LogP contribution in [0.2, 0.25) is 0 Å². The highest BCUT2D eigenvalue weighted by molar-refractivity contribution is 7.98. The number of benzene rings is 2. The van der Waals surface area contributed by atoms with E-state index in [0.29, 0.717) is 17.1 Å². The number of hydrogen-bond donors (Lipinski definition) is 1. The topological polar surface area (TPSA) is 46.2 Å². The van der Waals surface area contributed by atoms with E-state index in [1.807, 2.05) is 24.5 Å². The molecule has 0 aliphatic rings. The van der Waals surface area contributed by atoms with Gasteiger partial charge in [-0.05, 0) is 36.1 Å². The molecule has 0 saturated carbocycles. The molecule has 0 aliphatic heterocycles. The Kier molecular flexibility index (Phi) is 4.73. The zero-order valence-corrected chi connectivity index (χ0v) is 13.1. The molecule has 0 fully saturated rings. The van der Waals surface area contributed by atoms with Gasteiger partial charge in [0.05, 0.1) is 10.6 Å². The van der Waals surface area contributed by atoms with E-state index in [0.717, 1.165) is 5.56 Å². The summed E-state index contributed by atoms with van der Waals surface area (Å²) in [6.45, 7) is 0.598. The van der Waals surface area contributed by atoms with E-state index < -0.39 is 9.84 Å². The van der Waals surface area contributed by atoms with Gasteiger partial charge in [0.25, 0.3) is 0 Å². The van der Waals surface area contributed by atoms with E-state index >= 15 is 0 Å². The predicted octanol–water partition coefficient (Wildman–Crippen LogP) is 3.42. The van der Waals surface area contributed by atoms with Gasteiger partial charge in [0.2, 0.25) is 0 Å². The first-order chi connectivity index (χ1) is 9.50. The van der Waals surface area contributed by atoms with Gasteiger partial charge in [-0.2, -0.15) is 0 Å². The molecule has 0 spiro atoms. The Balaban J connectivity index is 2.15. The second-order valence-corrected chi connectivity index (χ2v) is 7.33. The molecule has 106 valence electrons. The highest BCUT2D eigenvalue weighted by Crippen LogP contribution is 2.21. The van der Waals surface area contributed by atoms with Crippen LogP contribution in [0.4, 0.5) is 5.69 Å². The maximum Gasteiger partial charge on any atom is 0.177 e. The van der Waals surface area contributed by atoms with Crippen molar-refractivity contribution in [3.05, 3.63) is 54.1 Å². The van der Waals surface area contributed by atoms with Crippen LogP contribution in [0.1, 0.15) is 5.56 Å². The summed E-state index contributed by atoms with van der Waals surface area (Å²) in [5.41, 5.74) is 1.76. The molecule has 2 rings (SSSR count). The molecule has 0 aromatic heterocycles. The van der Waals surface area contributed by atoms with Gasteiger partial charge in [0.15, 0.2) is 9.84 Å². The van der Waals surface area contributed by atoms with Crippen molar-refractivity contribution in [2.75, 3.05) is 17.8 Å². The normalized spacial score (nSPS) is 11.3. The molecular weight excluding hydrogens is 290 g/mol. The Morgan fingerprint density at radius 2 is 1.70 bits per heavy atom. The van der Waals surface area contributed by atoms with Crippen LogP contribution in [0, 0.1) is 0 Å². The number of nitrogens with one attached hydrogen (secondary N) is 1. The van der Waals surface area contributed by atoms with E-state index in [1.54, 1.807) is 30.0 Å². The first-order valence-corrected chi connectivity index (χ1v) is 9.28. The number of rotatable bonds is 5. The molecule has 0 bridgehead atoms. The fraction of sp³-hybridized carbons (Fsp3) is 0.200. The van der Waals surface area contributed by atoms with Gasteiger partial charge in [0, 0.05) is 17.7 Å². The lowest BCUT2D eigenvalue weighted by atomic mass is 10.2. The van der Waals surface area contributed by atoms with E-state index in [9.17, 15) is 8.42 Å². The van der Waals surface area contributed by atoms with Crippen molar-refractivity contribution in [2.24, 2.45) is 0 Å². The third kappa shape index (κ3) is 3.77. The van der Waals surface area contributed by atoms with Crippen molar-refractivity contribution in [1.82, 2.24) is 0 Å². The van der Waals surface area contributed by atoms with Gasteiger partial charge in [-0.25, -0.2) is 8.42 Å². The molecule has 20 heavy (non-hydrogen) atoms. The van der Waals surface area contributed by atoms with E-state index in [-0.39, 0.29) is 0 Å². The van der Waals surface area contributed by atoms with Crippen LogP contribution in [0.5, 0.6) is 0 Å². The molecule has 0 atom stereocenters. The summed E-state index contributed by atoms with van der Waals surface area (Å²) in [7, 11) is -3.21.